The first-order chi connectivity index (χ1) is 7.57. The third kappa shape index (κ3) is 2.79. The molecule has 0 aliphatic carbocycles. The van der Waals surface area contributed by atoms with Crippen LogP contribution in [0, 0.1) is 17.0 Å². The molecule has 0 heterocycles. The van der Waals surface area contributed by atoms with Gasteiger partial charge in [-0.15, -0.1) is 0 Å². The van der Waals surface area contributed by atoms with Gasteiger partial charge in [-0.2, -0.15) is 0 Å². The predicted molar refractivity (Wildman–Crippen MR) is 64.0 cm³/mol. The maximum absolute atomic E-state index is 11.6. The van der Waals surface area contributed by atoms with Crippen LogP contribution in [0.15, 0.2) is 18.2 Å². The van der Waals surface area contributed by atoms with Crippen LogP contribution in [0.25, 0.3) is 0 Å². The van der Waals surface area contributed by atoms with E-state index in [4.69, 9.17) is 0 Å². The molecule has 0 unspecified atom stereocenters. The Morgan fingerprint density at radius 2 is 2.25 bits per heavy atom. The summed E-state index contributed by atoms with van der Waals surface area (Å²) in [5, 5.41) is 14.0. The fraction of sp³-hybridized carbons (Fsp3) is 0.300. The lowest BCUT2D eigenvalue weighted by molar-refractivity contribution is -0.385. The SMILES string of the molecule is Cc1c(C(=O)NCCBr)cccc1[N+](=O)[O-]. The molecule has 5 nitrogen and oxygen atoms in total. The van der Waals surface area contributed by atoms with Gasteiger partial charge in [0.1, 0.15) is 0 Å². The minimum absolute atomic E-state index is 0.0357. The third-order valence-electron chi connectivity index (χ3n) is 2.13. The van der Waals surface area contributed by atoms with E-state index in [-0.39, 0.29) is 11.6 Å². The van der Waals surface area contributed by atoms with E-state index in [2.05, 4.69) is 21.2 Å². The van der Waals surface area contributed by atoms with Crippen LogP contribution in [0.3, 0.4) is 0 Å². The van der Waals surface area contributed by atoms with Crippen molar-refractivity contribution in [2.45, 2.75) is 6.92 Å². The molecule has 0 bridgehead atoms. The van der Waals surface area contributed by atoms with E-state index in [9.17, 15) is 14.9 Å². The lowest BCUT2D eigenvalue weighted by Gasteiger charge is -2.06. The summed E-state index contributed by atoms with van der Waals surface area (Å²) < 4.78 is 0. The van der Waals surface area contributed by atoms with E-state index in [0.717, 1.165) is 0 Å². The Morgan fingerprint density at radius 1 is 1.56 bits per heavy atom. The molecule has 86 valence electrons. The molecular weight excluding hydrogens is 276 g/mol. The second-order valence-corrected chi connectivity index (χ2v) is 3.94. The van der Waals surface area contributed by atoms with Crippen LogP contribution >= 0.6 is 15.9 Å². The number of rotatable bonds is 4. The zero-order valence-corrected chi connectivity index (χ0v) is 10.3. The second-order valence-electron chi connectivity index (χ2n) is 3.15. The van der Waals surface area contributed by atoms with E-state index >= 15 is 0 Å². The van der Waals surface area contributed by atoms with E-state index in [1.165, 1.54) is 12.1 Å². The minimum Gasteiger partial charge on any atom is -0.351 e. The number of nitrogens with zero attached hydrogens (tertiary/aromatic N) is 1. The Kier molecular flexibility index (Phi) is 4.42. The highest BCUT2D eigenvalue weighted by Crippen LogP contribution is 2.20. The van der Waals surface area contributed by atoms with Gasteiger partial charge in [0, 0.05) is 29.1 Å². The maximum Gasteiger partial charge on any atom is 0.273 e. The minimum atomic E-state index is -0.489. The summed E-state index contributed by atoms with van der Waals surface area (Å²) in [6, 6.07) is 4.47. The van der Waals surface area contributed by atoms with Crippen LogP contribution < -0.4 is 5.32 Å². The Hall–Kier alpha value is -1.43. The van der Waals surface area contributed by atoms with Gasteiger partial charge in [-0.25, -0.2) is 0 Å². The number of nitro benzene ring substituents is 1. The lowest BCUT2D eigenvalue weighted by atomic mass is 10.1. The smallest absolute Gasteiger partial charge is 0.273 e. The number of nitrogens with one attached hydrogen (secondary N) is 1. The molecular formula is C10H11BrN2O3. The largest absolute Gasteiger partial charge is 0.351 e. The summed E-state index contributed by atoms with van der Waals surface area (Å²) in [4.78, 5) is 21.8. The molecule has 16 heavy (non-hydrogen) atoms. The fourth-order valence-corrected chi connectivity index (χ4v) is 1.52. The van der Waals surface area contributed by atoms with Crippen LogP contribution in [0.1, 0.15) is 15.9 Å². The maximum atomic E-state index is 11.6. The van der Waals surface area contributed by atoms with Crippen LogP contribution in [0.2, 0.25) is 0 Å². The van der Waals surface area contributed by atoms with Crippen molar-refractivity contribution < 1.29 is 9.72 Å². The molecule has 0 saturated heterocycles. The van der Waals surface area contributed by atoms with Gasteiger partial charge in [-0.05, 0) is 13.0 Å². The van der Waals surface area contributed by atoms with Crippen LogP contribution in [0.4, 0.5) is 5.69 Å². The van der Waals surface area contributed by atoms with Gasteiger partial charge < -0.3 is 5.32 Å². The fourth-order valence-electron chi connectivity index (χ4n) is 1.32. The Labute approximate surface area is 101 Å². The van der Waals surface area contributed by atoms with E-state index < -0.39 is 4.92 Å². The molecule has 1 rings (SSSR count). The van der Waals surface area contributed by atoms with Gasteiger partial charge in [-0.1, -0.05) is 22.0 Å². The van der Waals surface area contributed by atoms with E-state index in [1.54, 1.807) is 13.0 Å². The highest BCUT2D eigenvalue weighted by molar-refractivity contribution is 9.09. The van der Waals surface area contributed by atoms with Crippen LogP contribution in [0.5, 0.6) is 0 Å². The number of amides is 1. The summed E-state index contributed by atoms with van der Waals surface area (Å²) in [5.74, 6) is -0.291. The van der Waals surface area contributed by atoms with Gasteiger partial charge >= 0.3 is 0 Å². The number of carbonyl (C=O) groups excluding carboxylic acids is 1. The molecule has 1 aromatic rings. The molecule has 0 atom stereocenters. The first kappa shape index (κ1) is 12.6. The zero-order chi connectivity index (χ0) is 12.1. The number of benzene rings is 1. The molecule has 0 aliphatic heterocycles. The molecule has 0 radical (unpaired) electrons. The van der Waals surface area contributed by atoms with Gasteiger partial charge in [0.15, 0.2) is 0 Å². The second kappa shape index (κ2) is 5.60. The summed E-state index contributed by atoms with van der Waals surface area (Å²) in [7, 11) is 0. The van der Waals surface area contributed by atoms with Gasteiger partial charge in [0.25, 0.3) is 11.6 Å². The Morgan fingerprint density at radius 3 is 2.81 bits per heavy atom. The third-order valence-corrected chi connectivity index (χ3v) is 2.52. The van der Waals surface area contributed by atoms with Crippen molar-refractivity contribution in [2.24, 2.45) is 0 Å². The van der Waals surface area contributed by atoms with Crippen LogP contribution in [-0.2, 0) is 0 Å². The van der Waals surface area contributed by atoms with Crippen molar-refractivity contribution in [1.82, 2.24) is 5.32 Å². The number of hydrogen-bond acceptors (Lipinski definition) is 3. The highest BCUT2D eigenvalue weighted by Gasteiger charge is 2.17. The Bertz CT molecular complexity index is 421. The molecule has 0 spiro atoms. The molecule has 0 aromatic heterocycles. The predicted octanol–water partition coefficient (Wildman–Crippen LogP) is 2.03. The number of alkyl halides is 1. The molecule has 1 amide bonds. The molecule has 0 saturated carbocycles. The van der Waals surface area contributed by atoms with E-state index in [0.29, 0.717) is 23.0 Å². The van der Waals surface area contributed by atoms with Gasteiger partial charge in [-0.3, -0.25) is 14.9 Å². The number of carbonyl (C=O) groups is 1. The van der Waals surface area contributed by atoms with E-state index in [1.807, 2.05) is 0 Å². The Balaban J connectivity index is 3.01. The first-order valence-corrected chi connectivity index (χ1v) is 5.78. The quantitative estimate of drug-likeness (QED) is 0.523. The highest BCUT2D eigenvalue weighted by atomic mass is 79.9. The van der Waals surface area contributed by atoms with Crippen molar-refractivity contribution in [3.8, 4) is 0 Å². The number of halogens is 1. The first-order valence-electron chi connectivity index (χ1n) is 4.66. The monoisotopic (exact) mass is 286 g/mol. The van der Waals surface area contributed by atoms with Crippen molar-refractivity contribution in [3.63, 3.8) is 0 Å². The van der Waals surface area contributed by atoms with Crippen molar-refractivity contribution in [3.05, 3.63) is 39.4 Å². The lowest BCUT2D eigenvalue weighted by Crippen LogP contribution is -2.26. The average molecular weight is 287 g/mol. The molecule has 1 aromatic carbocycles. The summed E-state index contributed by atoms with van der Waals surface area (Å²) in [6.45, 7) is 2.06. The number of hydrogen-bond donors (Lipinski definition) is 1. The summed E-state index contributed by atoms with van der Waals surface area (Å²) in [6.07, 6.45) is 0. The van der Waals surface area contributed by atoms with Crippen LogP contribution in [-0.4, -0.2) is 22.7 Å². The zero-order valence-electron chi connectivity index (χ0n) is 8.70. The van der Waals surface area contributed by atoms with Crippen molar-refractivity contribution in [2.75, 3.05) is 11.9 Å². The summed E-state index contributed by atoms with van der Waals surface area (Å²) in [5.41, 5.74) is 0.696. The number of nitro groups is 1. The normalized spacial score (nSPS) is 9.88. The van der Waals surface area contributed by atoms with Crippen molar-refractivity contribution in [1.29, 1.82) is 0 Å². The molecule has 0 aliphatic rings. The topological polar surface area (TPSA) is 72.2 Å². The molecule has 0 fully saturated rings. The summed E-state index contributed by atoms with van der Waals surface area (Å²) >= 11 is 3.18. The average Bonchev–Trinajstić information content (AvgIpc) is 2.25. The van der Waals surface area contributed by atoms with Gasteiger partial charge in [0.05, 0.1) is 4.92 Å². The van der Waals surface area contributed by atoms with Crippen molar-refractivity contribution >= 4 is 27.5 Å². The van der Waals surface area contributed by atoms with Gasteiger partial charge in [0.2, 0.25) is 0 Å². The molecule has 6 heteroatoms. The standard InChI is InChI=1S/C10H11BrN2O3/c1-7-8(10(14)12-6-5-11)3-2-4-9(7)13(15)16/h2-4H,5-6H2,1H3,(H,12,14). The molecule has 1 N–H and O–H groups in total.